The van der Waals surface area contributed by atoms with E-state index in [0.29, 0.717) is 54.4 Å². The summed E-state index contributed by atoms with van der Waals surface area (Å²) in [6.45, 7) is -1.06. The summed E-state index contributed by atoms with van der Waals surface area (Å²) in [6, 6.07) is 2.36. The number of ether oxygens (including phenoxy) is 1. The number of aromatic carboxylic acids is 1. The highest BCUT2D eigenvalue weighted by Gasteiger charge is 2.34. The number of hydrogen-bond acceptors (Lipinski definition) is 7. The highest BCUT2D eigenvalue weighted by molar-refractivity contribution is 5.98. The Labute approximate surface area is 219 Å². The molecule has 0 spiro atoms. The van der Waals surface area contributed by atoms with Crippen LogP contribution in [0.25, 0.3) is 33.3 Å². The fourth-order valence-corrected chi connectivity index (χ4v) is 5.31. The van der Waals surface area contributed by atoms with Gasteiger partial charge in [-0.2, -0.15) is 0 Å². The molecule has 0 radical (unpaired) electrons. The van der Waals surface area contributed by atoms with Crippen LogP contribution in [-0.4, -0.2) is 58.9 Å². The number of aromatic nitrogens is 3. The Balaban J connectivity index is 1.63. The van der Waals surface area contributed by atoms with E-state index >= 15 is 4.39 Å². The van der Waals surface area contributed by atoms with Crippen molar-refractivity contribution < 1.29 is 27.5 Å². The SMILES string of the molecule is [2H]C([2H])([2H])Nc1cc(F)c(F)c2c1Cc1ncc(-c3cnc4c(c3)c(=O)c(C(=O)O)cn4C)c(N3CCOCC3)c1-2. The summed E-state index contributed by atoms with van der Waals surface area (Å²) in [7, 11) is 1.58. The summed E-state index contributed by atoms with van der Waals surface area (Å²) < 4.78 is 60.3. The molecule has 4 aromatic rings. The maximum Gasteiger partial charge on any atom is 0.341 e. The number of nitrogens with zero attached hydrogens (tertiary/aromatic N) is 4. The van der Waals surface area contributed by atoms with Crippen LogP contribution in [0.2, 0.25) is 0 Å². The topological polar surface area (TPSA) is 110 Å². The van der Waals surface area contributed by atoms with Gasteiger partial charge in [0.15, 0.2) is 11.6 Å². The predicted molar refractivity (Wildman–Crippen MR) is 138 cm³/mol. The van der Waals surface area contributed by atoms with E-state index in [2.05, 4.69) is 15.3 Å². The van der Waals surface area contributed by atoms with Gasteiger partial charge in [-0.15, -0.1) is 0 Å². The second-order valence-electron chi connectivity index (χ2n) is 9.20. The van der Waals surface area contributed by atoms with Crippen LogP contribution in [0.3, 0.4) is 0 Å². The molecule has 3 aromatic heterocycles. The molecule has 1 saturated heterocycles. The summed E-state index contributed by atoms with van der Waals surface area (Å²) in [5.74, 6) is -3.71. The Kier molecular flexibility index (Phi) is 4.82. The van der Waals surface area contributed by atoms with Crippen molar-refractivity contribution >= 4 is 28.4 Å². The highest BCUT2D eigenvalue weighted by Crippen LogP contribution is 2.50. The highest BCUT2D eigenvalue weighted by atomic mass is 19.2. The number of benzene rings is 1. The maximum absolute atomic E-state index is 15.6. The largest absolute Gasteiger partial charge is 0.477 e. The molecule has 0 saturated carbocycles. The molecule has 0 amide bonds. The molecule has 4 heterocycles. The van der Waals surface area contributed by atoms with E-state index in [1.807, 2.05) is 4.90 Å². The van der Waals surface area contributed by atoms with Crippen LogP contribution in [0.5, 0.6) is 0 Å². The van der Waals surface area contributed by atoms with Gasteiger partial charge >= 0.3 is 5.97 Å². The zero-order valence-electron chi connectivity index (χ0n) is 23.1. The third kappa shape index (κ3) is 3.53. The molecular formula is C27H23F2N5O4. The van der Waals surface area contributed by atoms with Gasteiger partial charge in [0.2, 0.25) is 5.43 Å². The first-order valence-electron chi connectivity index (χ1n) is 13.3. The van der Waals surface area contributed by atoms with Gasteiger partial charge in [-0.1, -0.05) is 0 Å². The molecule has 1 aliphatic carbocycles. The number of pyridine rings is 3. The Hall–Kier alpha value is -4.38. The van der Waals surface area contributed by atoms with Gasteiger partial charge in [-0.05, 0) is 11.6 Å². The summed E-state index contributed by atoms with van der Waals surface area (Å²) in [5.41, 5.74) is 1.41. The van der Waals surface area contributed by atoms with Gasteiger partial charge in [0, 0.05) is 90.2 Å². The molecule has 0 unspecified atom stereocenters. The second kappa shape index (κ2) is 8.88. The molecule has 1 fully saturated rings. The number of anilines is 2. The summed E-state index contributed by atoms with van der Waals surface area (Å²) >= 11 is 0. The number of aryl methyl sites for hydroxylation is 1. The molecular weight excluding hydrogens is 496 g/mol. The summed E-state index contributed by atoms with van der Waals surface area (Å²) in [5, 5.41) is 11.9. The number of carboxylic acids is 1. The van der Waals surface area contributed by atoms with E-state index in [1.165, 1.54) is 23.0 Å². The van der Waals surface area contributed by atoms with Gasteiger partial charge in [0.25, 0.3) is 0 Å². The lowest BCUT2D eigenvalue weighted by Crippen LogP contribution is -2.37. The average Bonchev–Trinajstić information content (AvgIpc) is 3.32. The van der Waals surface area contributed by atoms with E-state index in [4.69, 9.17) is 8.85 Å². The van der Waals surface area contributed by atoms with Crippen molar-refractivity contribution in [1.29, 1.82) is 0 Å². The Morgan fingerprint density at radius 2 is 1.97 bits per heavy atom. The molecule has 11 heteroatoms. The van der Waals surface area contributed by atoms with Crippen molar-refractivity contribution in [3.63, 3.8) is 0 Å². The van der Waals surface area contributed by atoms with E-state index in [-0.39, 0.29) is 34.3 Å². The lowest BCUT2D eigenvalue weighted by molar-refractivity contribution is 0.0695. The van der Waals surface area contributed by atoms with Crippen LogP contribution >= 0.6 is 0 Å². The second-order valence-corrected chi connectivity index (χ2v) is 9.20. The van der Waals surface area contributed by atoms with Crippen LogP contribution in [0.1, 0.15) is 25.7 Å². The van der Waals surface area contributed by atoms with Crippen molar-refractivity contribution in [2.75, 3.05) is 43.5 Å². The quantitative estimate of drug-likeness (QED) is 0.370. The van der Waals surface area contributed by atoms with E-state index in [9.17, 15) is 19.1 Å². The minimum atomic E-state index is -2.64. The van der Waals surface area contributed by atoms with Gasteiger partial charge in [0.05, 0.1) is 30.0 Å². The third-order valence-electron chi connectivity index (χ3n) is 7.07. The minimum absolute atomic E-state index is 0.0524. The van der Waals surface area contributed by atoms with Crippen LogP contribution in [0.4, 0.5) is 20.2 Å². The fourth-order valence-electron chi connectivity index (χ4n) is 5.31. The van der Waals surface area contributed by atoms with Crippen LogP contribution in [-0.2, 0) is 18.2 Å². The lowest BCUT2D eigenvalue weighted by Gasteiger charge is -2.32. The molecule has 194 valence electrons. The molecule has 1 aliphatic heterocycles. The first-order valence-corrected chi connectivity index (χ1v) is 11.8. The van der Waals surface area contributed by atoms with E-state index < -0.39 is 35.6 Å². The van der Waals surface area contributed by atoms with Crippen molar-refractivity contribution in [1.82, 2.24) is 14.5 Å². The first-order chi connectivity index (χ1) is 19.4. The molecule has 9 nitrogen and oxygen atoms in total. The number of rotatable bonds is 4. The van der Waals surface area contributed by atoms with Crippen molar-refractivity contribution in [3.05, 3.63) is 69.4 Å². The molecule has 2 N–H and O–H groups in total. The normalized spacial score (nSPS) is 16.0. The average molecular weight is 523 g/mol. The maximum atomic E-state index is 15.6. The molecule has 2 aliphatic rings. The summed E-state index contributed by atoms with van der Waals surface area (Å²) in [6.07, 6.45) is 4.33. The smallest absolute Gasteiger partial charge is 0.341 e. The number of morpholine rings is 1. The van der Waals surface area contributed by atoms with Crippen LogP contribution < -0.4 is 15.6 Å². The standard InChI is InChI=1S/C27H23F2N5O4/c1-30-19-9-18(28)23(29)21-14(19)8-20-22(21)24(34-3-5-38-6-4-34)16(11-31-20)13-7-15-25(35)17(27(36)37)12-33(2)26(15)32-10-13/h7,9-12,30H,3-6,8H2,1-2H3,(H,36,37)/i1D3. The Morgan fingerprint density at radius 3 is 2.71 bits per heavy atom. The van der Waals surface area contributed by atoms with Gasteiger partial charge in [0.1, 0.15) is 11.2 Å². The number of fused-ring (bicyclic) bond motifs is 4. The first kappa shape index (κ1) is 20.7. The van der Waals surface area contributed by atoms with Gasteiger partial charge in [-0.3, -0.25) is 9.78 Å². The molecule has 0 atom stereocenters. The zero-order valence-corrected chi connectivity index (χ0v) is 20.1. The number of halogens is 2. The van der Waals surface area contributed by atoms with Crippen LogP contribution in [0, 0.1) is 11.6 Å². The molecule has 6 rings (SSSR count). The van der Waals surface area contributed by atoms with Crippen molar-refractivity contribution in [2.24, 2.45) is 7.05 Å². The van der Waals surface area contributed by atoms with Gasteiger partial charge < -0.3 is 24.6 Å². The number of nitrogens with one attached hydrogen (secondary N) is 1. The third-order valence-corrected chi connectivity index (χ3v) is 7.07. The monoisotopic (exact) mass is 522 g/mol. The zero-order chi connectivity index (χ0) is 29.2. The molecule has 38 heavy (non-hydrogen) atoms. The van der Waals surface area contributed by atoms with Crippen LogP contribution in [0.15, 0.2) is 35.5 Å². The lowest BCUT2D eigenvalue weighted by atomic mass is 9.96. The van der Waals surface area contributed by atoms with Gasteiger partial charge in [-0.25, -0.2) is 18.6 Å². The minimum Gasteiger partial charge on any atom is -0.477 e. The number of carbonyl (C=O) groups is 1. The van der Waals surface area contributed by atoms with E-state index in [0.717, 1.165) is 6.07 Å². The predicted octanol–water partition coefficient (Wildman–Crippen LogP) is 3.42. The Bertz CT molecular complexity index is 1820. The molecule has 1 aromatic carbocycles. The van der Waals surface area contributed by atoms with Crippen molar-refractivity contribution in [2.45, 2.75) is 6.42 Å². The van der Waals surface area contributed by atoms with E-state index in [1.54, 1.807) is 13.2 Å². The fraction of sp³-hybridized carbons (Fsp3) is 0.259. The number of carboxylic acid groups (broad SMARTS) is 1. The number of hydrogen-bond donors (Lipinski definition) is 2. The molecule has 0 bridgehead atoms. The Morgan fingerprint density at radius 1 is 1.18 bits per heavy atom. The van der Waals surface area contributed by atoms with Crippen molar-refractivity contribution in [3.8, 4) is 22.3 Å². The summed E-state index contributed by atoms with van der Waals surface area (Å²) in [4.78, 5) is 35.7.